The van der Waals surface area contributed by atoms with E-state index in [1.807, 2.05) is 0 Å². The fourth-order valence-electron chi connectivity index (χ4n) is 1.65. The van der Waals surface area contributed by atoms with Crippen molar-refractivity contribution in [3.8, 4) is 5.88 Å². The monoisotopic (exact) mass is 235 g/mol. The predicted octanol–water partition coefficient (Wildman–Crippen LogP) is 2.01. The van der Waals surface area contributed by atoms with Gasteiger partial charge in [-0.25, -0.2) is 9.37 Å². The summed E-state index contributed by atoms with van der Waals surface area (Å²) in [6, 6.07) is 5.56. The molecule has 0 amide bonds. The molecule has 0 atom stereocenters. The first-order valence-electron chi connectivity index (χ1n) is 4.95. The molecule has 0 aliphatic heterocycles. The van der Waals surface area contributed by atoms with E-state index in [0.717, 1.165) is 0 Å². The maximum Gasteiger partial charge on any atom is 0.307 e. The van der Waals surface area contributed by atoms with Crippen molar-refractivity contribution in [2.75, 3.05) is 7.11 Å². The molecule has 0 bridgehead atoms. The van der Waals surface area contributed by atoms with Gasteiger partial charge in [-0.15, -0.1) is 0 Å². The third-order valence-electron chi connectivity index (χ3n) is 2.38. The summed E-state index contributed by atoms with van der Waals surface area (Å²) in [5, 5.41) is 9.30. The summed E-state index contributed by atoms with van der Waals surface area (Å²) >= 11 is 0. The van der Waals surface area contributed by atoms with Crippen LogP contribution in [0.25, 0.3) is 10.9 Å². The average Bonchev–Trinajstić information content (AvgIpc) is 2.28. The Kier molecular flexibility index (Phi) is 2.91. The highest BCUT2D eigenvalue weighted by molar-refractivity contribution is 5.86. The lowest BCUT2D eigenvalue weighted by atomic mass is 10.1. The number of aromatic nitrogens is 1. The largest absolute Gasteiger partial charge is 0.481 e. The molecule has 0 aliphatic rings. The lowest BCUT2D eigenvalue weighted by Gasteiger charge is -2.07. The number of carbonyl (C=O) groups is 1. The Hall–Kier alpha value is -2.17. The molecule has 5 heteroatoms. The highest BCUT2D eigenvalue weighted by Gasteiger charge is 2.10. The van der Waals surface area contributed by atoms with Gasteiger partial charge in [0.1, 0.15) is 5.82 Å². The molecule has 2 aromatic rings. The Labute approximate surface area is 96.7 Å². The van der Waals surface area contributed by atoms with Crippen LogP contribution in [0.4, 0.5) is 4.39 Å². The van der Waals surface area contributed by atoms with Gasteiger partial charge in [-0.2, -0.15) is 0 Å². The number of ether oxygens (including phenoxy) is 1. The minimum Gasteiger partial charge on any atom is -0.481 e. The minimum absolute atomic E-state index is 0.196. The van der Waals surface area contributed by atoms with Crippen LogP contribution < -0.4 is 4.74 Å². The molecule has 0 spiro atoms. The molecular formula is C12H10FNO3. The maximum atomic E-state index is 13.1. The SMILES string of the molecule is COc1cc(CC(=O)O)c2cc(F)ccc2n1. The number of methoxy groups -OCH3 is 1. The molecule has 4 nitrogen and oxygen atoms in total. The molecule has 1 heterocycles. The second-order valence-electron chi connectivity index (χ2n) is 3.56. The molecule has 0 aliphatic carbocycles. The van der Waals surface area contributed by atoms with E-state index < -0.39 is 11.8 Å². The van der Waals surface area contributed by atoms with E-state index in [0.29, 0.717) is 22.3 Å². The normalized spacial score (nSPS) is 10.5. The van der Waals surface area contributed by atoms with Crippen molar-refractivity contribution in [1.29, 1.82) is 0 Å². The molecular weight excluding hydrogens is 225 g/mol. The van der Waals surface area contributed by atoms with Crippen LogP contribution in [0, 0.1) is 5.82 Å². The first-order valence-corrected chi connectivity index (χ1v) is 4.95. The Balaban J connectivity index is 2.67. The summed E-state index contributed by atoms with van der Waals surface area (Å²) in [7, 11) is 1.45. The first kappa shape index (κ1) is 11.3. The van der Waals surface area contributed by atoms with Crippen molar-refractivity contribution in [2.24, 2.45) is 0 Å². The van der Waals surface area contributed by atoms with Crippen LogP contribution >= 0.6 is 0 Å². The van der Waals surface area contributed by atoms with Gasteiger partial charge in [0.25, 0.3) is 0 Å². The molecule has 2 rings (SSSR count). The quantitative estimate of drug-likeness (QED) is 0.884. The van der Waals surface area contributed by atoms with E-state index in [1.165, 1.54) is 31.4 Å². The van der Waals surface area contributed by atoms with Crippen LogP contribution in [0.3, 0.4) is 0 Å². The molecule has 0 saturated heterocycles. The zero-order chi connectivity index (χ0) is 12.4. The van der Waals surface area contributed by atoms with E-state index in [4.69, 9.17) is 9.84 Å². The first-order chi connectivity index (χ1) is 8.10. The summed E-state index contributed by atoms with van der Waals surface area (Å²) in [5.74, 6) is -1.08. The van der Waals surface area contributed by atoms with Crippen LogP contribution in [0.15, 0.2) is 24.3 Å². The lowest BCUT2D eigenvalue weighted by molar-refractivity contribution is -0.136. The van der Waals surface area contributed by atoms with Gasteiger partial charge in [0, 0.05) is 11.5 Å². The minimum atomic E-state index is -0.983. The zero-order valence-electron chi connectivity index (χ0n) is 9.11. The Morgan fingerprint density at radius 2 is 2.24 bits per heavy atom. The van der Waals surface area contributed by atoms with E-state index in [-0.39, 0.29) is 6.42 Å². The van der Waals surface area contributed by atoms with E-state index in [9.17, 15) is 9.18 Å². The summed E-state index contributed by atoms with van der Waals surface area (Å²) in [4.78, 5) is 14.9. The Bertz CT molecular complexity index is 583. The fraction of sp³-hybridized carbons (Fsp3) is 0.167. The van der Waals surface area contributed by atoms with Crippen LogP contribution in [0.1, 0.15) is 5.56 Å². The van der Waals surface area contributed by atoms with Gasteiger partial charge in [0.2, 0.25) is 5.88 Å². The molecule has 0 unspecified atom stereocenters. The number of aliphatic carboxylic acids is 1. The highest BCUT2D eigenvalue weighted by atomic mass is 19.1. The van der Waals surface area contributed by atoms with E-state index in [2.05, 4.69) is 4.98 Å². The molecule has 1 N–H and O–H groups in total. The summed E-state index contributed by atoms with van der Waals surface area (Å²) in [6.45, 7) is 0. The van der Waals surface area contributed by atoms with Gasteiger partial charge in [0.15, 0.2) is 0 Å². The number of carboxylic acid groups (broad SMARTS) is 1. The van der Waals surface area contributed by atoms with Crippen LogP contribution in [0.5, 0.6) is 5.88 Å². The molecule has 0 fully saturated rings. The zero-order valence-corrected chi connectivity index (χ0v) is 9.11. The second kappa shape index (κ2) is 4.37. The van der Waals surface area contributed by atoms with Gasteiger partial charge in [-0.1, -0.05) is 0 Å². The number of fused-ring (bicyclic) bond motifs is 1. The lowest BCUT2D eigenvalue weighted by Crippen LogP contribution is -2.02. The Morgan fingerprint density at radius 1 is 1.47 bits per heavy atom. The number of nitrogens with zero attached hydrogens (tertiary/aromatic N) is 1. The van der Waals surface area contributed by atoms with Crippen molar-refractivity contribution in [2.45, 2.75) is 6.42 Å². The van der Waals surface area contributed by atoms with Crippen molar-refractivity contribution >= 4 is 16.9 Å². The van der Waals surface area contributed by atoms with Crippen LogP contribution in [-0.2, 0) is 11.2 Å². The number of hydrogen-bond acceptors (Lipinski definition) is 3. The second-order valence-corrected chi connectivity index (χ2v) is 3.56. The van der Waals surface area contributed by atoms with Crippen molar-refractivity contribution in [3.63, 3.8) is 0 Å². The average molecular weight is 235 g/mol. The molecule has 1 aromatic heterocycles. The molecule has 88 valence electrons. The fourth-order valence-corrected chi connectivity index (χ4v) is 1.65. The highest BCUT2D eigenvalue weighted by Crippen LogP contribution is 2.23. The van der Waals surface area contributed by atoms with Gasteiger partial charge < -0.3 is 9.84 Å². The van der Waals surface area contributed by atoms with Gasteiger partial charge in [-0.05, 0) is 23.8 Å². The molecule has 1 aromatic carbocycles. The predicted molar refractivity (Wildman–Crippen MR) is 59.6 cm³/mol. The molecule has 0 saturated carbocycles. The number of carboxylic acids is 1. The number of hydrogen-bond donors (Lipinski definition) is 1. The topological polar surface area (TPSA) is 59.4 Å². The van der Waals surface area contributed by atoms with Crippen LogP contribution in [-0.4, -0.2) is 23.2 Å². The third kappa shape index (κ3) is 2.33. The van der Waals surface area contributed by atoms with Crippen molar-refractivity contribution < 1.29 is 19.0 Å². The number of halogens is 1. The third-order valence-corrected chi connectivity index (χ3v) is 2.38. The molecule has 0 radical (unpaired) electrons. The van der Waals surface area contributed by atoms with Gasteiger partial charge in [-0.3, -0.25) is 4.79 Å². The maximum absolute atomic E-state index is 13.1. The van der Waals surface area contributed by atoms with Crippen LogP contribution in [0.2, 0.25) is 0 Å². The van der Waals surface area contributed by atoms with Crippen molar-refractivity contribution in [1.82, 2.24) is 4.98 Å². The Morgan fingerprint density at radius 3 is 2.88 bits per heavy atom. The van der Waals surface area contributed by atoms with Gasteiger partial charge in [0.05, 0.1) is 19.0 Å². The van der Waals surface area contributed by atoms with Crippen molar-refractivity contribution in [3.05, 3.63) is 35.6 Å². The van der Waals surface area contributed by atoms with E-state index >= 15 is 0 Å². The number of pyridine rings is 1. The number of rotatable bonds is 3. The standard InChI is InChI=1S/C12H10FNO3/c1-17-11-4-7(5-12(15)16)9-6-8(13)2-3-10(9)14-11/h2-4,6H,5H2,1H3,(H,15,16). The van der Waals surface area contributed by atoms with Gasteiger partial charge >= 0.3 is 5.97 Å². The summed E-state index contributed by atoms with van der Waals surface area (Å²) < 4.78 is 18.1. The summed E-state index contributed by atoms with van der Waals surface area (Å²) in [6.07, 6.45) is -0.196. The number of benzene rings is 1. The molecule has 17 heavy (non-hydrogen) atoms. The van der Waals surface area contributed by atoms with E-state index in [1.54, 1.807) is 0 Å². The summed E-state index contributed by atoms with van der Waals surface area (Å²) in [5.41, 5.74) is 1.00. The smallest absolute Gasteiger partial charge is 0.307 e.